The fraction of sp³-hybridized carbons (Fsp3) is 0.440. The van der Waals surface area contributed by atoms with Crippen LogP contribution in [0.15, 0.2) is 42.5 Å². The molecule has 0 saturated heterocycles. The highest BCUT2D eigenvalue weighted by Gasteiger charge is 2.29. The molecule has 30 heavy (non-hydrogen) atoms. The average molecular weight is 424 g/mol. The lowest BCUT2D eigenvalue weighted by molar-refractivity contribution is 0.280. The van der Waals surface area contributed by atoms with Crippen molar-refractivity contribution in [3.8, 4) is 11.5 Å². The van der Waals surface area contributed by atoms with Gasteiger partial charge in [0.25, 0.3) is 0 Å². The van der Waals surface area contributed by atoms with Gasteiger partial charge in [-0.3, -0.25) is 0 Å². The topological polar surface area (TPSA) is 34.6 Å². The predicted molar refractivity (Wildman–Crippen MR) is 126 cm³/mol. The number of ether oxygens (including phenoxy) is 2. The Hall–Kier alpha value is -2.27. The highest BCUT2D eigenvalue weighted by molar-refractivity contribution is 7.22. The molecular formula is C25H31N2O2S. The zero-order valence-electron chi connectivity index (χ0n) is 18.4. The first-order valence-corrected chi connectivity index (χ1v) is 11.4. The second-order valence-corrected chi connectivity index (χ2v) is 10.2. The van der Waals surface area contributed by atoms with E-state index in [0.717, 1.165) is 34.3 Å². The van der Waals surface area contributed by atoms with Gasteiger partial charge in [-0.05, 0) is 60.9 Å². The summed E-state index contributed by atoms with van der Waals surface area (Å²) in [4.78, 5) is 7.22. The van der Waals surface area contributed by atoms with Gasteiger partial charge in [-0.25, -0.2) is 4.98 Å². The van der Waals surface area contributed by atoms with E-state index in [4.69, 9.17) is 14.5 Å². The molecular weight excluding hydrogens is 392 g/mol. The van der Waals surface area contributed by atoms with Gasteiger partial charge < -0.3 is 14.4 Å². The van der Waals surface area contributed by atoms with Gasteiger partial charge in [0.15, 0.2) is 16.6 Å². The van der Waals surface area contributed by atoms with Crippen LogP contribution in [0.3, 0.4) is 0 Å². The molecule has 1 radical (unpaired) electrons. The van der Waals surface area contributed by atoms with Crippen molar-refractivity contribution < 1.29 is 9.47 Å². The molecule has 0 amide bonds. The van der Waals surface area contributed by atoms with Crippen LogP contribution in [0, 0.1) is 18.3 Å². The van der Waals surface area contributed by atoms with E-state index in [1.165, 1.54) is 17.5 Å². The van der Waals surface area contributed by atoms with Crippen molar-refractivity contribution >= 4 is 26.7 Å². The third-order valence-corrected chi connectivity index (χ3v) is 6.73. The fourth-order valence-electron chi connectivity index (χ4n) is 3.38. The molecule has 1 fully saturated rings. The van der Waals surface area contributed by atoms with Crippen LogP contribution in [0.4, 0.5) is 5.13 Å². The number of rotatable bonds is 8. The summed E-state index contributed by atoms with van der Waals surface area (Å²) in [5.41, 5.74) is 2.20. The number of benzene rings is 2. The SMILES string of the molecule is [CH2]C(N(Cc1ccc(OCC2CC2)c(OC)c1)c1nc2ccccc2s1)C(C)(C)C. The van der Waals surface area contributed by atoms with Crippen LogP contribution in [-0.2, 0) is 6.54 Å². The molecule has 1 saturated carbocycles. The Bertz CT molecular complexity index is 971. The Kier molecular flexibility index (Phi) is 5.92. The van der Waals surface area contributed by atoms with Gasteiger partial charge in [0.05, 0.1) is 23.9 Å². The lowest BCUT2D eigenvalue weighted by atomic mass is 9.87. The van der Waals surface area contributed by atoms with Gasteiger partial charge in [0.1, 0.15) is 0 Å². The molecule has 0 aliphatic heterocycles. The molecule has 0 spiro atoms. The monoisotopic (exact) mass is 423 g/mol. The number of anilines is 1. The number of methoxy groups -OCH3 is 1. The minimum Gasteiger partial charge on any atom is -0.493 e. The van der Waals surface area contributed by atoms with Crippen LogP contribution in [0.5, 0.6) is 11.5 Å². The lowest BCUT2D eigenvalue weighted by Crippen LogP contribution is -2.41. The van der Waals surface area contributed by atoms with Crippen molar-refractivity contribution in [3.05, 3.63) is 55.0 Å². The van der Waals surface area contributed by atoms with E-state index in [9.17, 15) is 0 Å². The van der Waals surface area contributed by atoms with E-state index >= 15 is 0 Å². The van der Waals surface area contributed by atoms with E-state index in [0.29, 0.717) is 12.5 Å². The lowest BCUT2D eigenvalue weighted by Gasteiger charge is -2.38. The molecule has 0 bridgehead atoms. The van der Waals surface area contributed by atoms with Gasteiger partial charge in [0.2, 0.25) is 0 Å². The number of hydrogen-bond acceptors (Lipinski definition) is 5. The maximum Gasteiger partial charge on any atom is 0.187 e. The number of para-hydroxylation sites is 1. The van der Waals surface area contributed by atoms with Gasteiger partial charge in [-0.1, -0.05) is 50.3 Å². The quantitative estimate of drug-likeness (QED) is 0.423. The molecule has 4 nitrogen and oxygen atoms in total. The van der Waals surface area contributed by atoms with Crippen LogP contribution in [0.2, 0.25) is 0 Å². The van der Waals surface area contributed by atoms with Crippen molar-refractivity contribution in [1.29, 1.82) is 0 Å². The van der Waals surface area contributed by atoms with Crippen molar-refractivity contribution in [1.82, 2.24) is 4.98 Å². The summed E-state index contributed by atoms with van der Waals surface area (Å²) in [6.45, 7) is 12.7. The average Bonchev–Trinajstić information content (AvgIpc) is 3.45. The largest absolute Gasteiger partial charge is 0.493 e. The number of nitrogens with zero attached hydrogens (tertiary/aromatic N) is 2. The second kappa shape index (κ2) is 8.46. The number of aromatic nitrogens is 1. The summed E-state index contributed by atoms with van der Waals surface area (Å²) in [5.74, 6) is 2.32. The van der Waals surface area contributed by atoms with Gasteiger partial charge in [-0.2, -0.15) is 0 Å². The highest BCUT2D eigenvalue weighted by Crippen LogP contribution is 2.37. The zero-order valence-corrected chi connectivity index (χ0v) is 19.2. The Morgan fingerprint density at radius 2 is 1.93 bits per heavy atom. The molecule has 1 atom stereocenters. The predicted octanol–water partition coefficient (Wildman–Crippen LogP) is 6.35. The highest BCUT2D eigenvalue weighted by atomic mass is 32.1. The normalized spacial score (nSPS) is 15.2. The first kappa shape index (κ1) is 21.0. The first-order chi connectivity index (χ1) is 14.3. The molecule has 1 aromatic heterocycles. The Balaban J connectivity index is 1.62. The second-order valence-electron chi connectivity index (χ2n) is 9.21. The van der Waals surface area contributed by atoms with E-state index in [2.05, 4.69) is 62.9 Å². The summed E-state index contributed by atoms with van der Waals surface area (Å²) < 4.78 is 12.8. The van der Waals surface area contributed by atoms with Gasteiger partial charge in [-0.15, -0.1) is 0 Å². The summed E-state index contributed by atoms with van der Waals surface area (Å²) >= 11 is 1.72. The van der Waals surface area contributed by atoms with E-state index < -0.39 is 0 Å². The van der Waals surface area contributed by atoms with Crippen LogP contribution >= 0.6 is 11.3 Å². The third-order valence-electron chi connectivity index (χ3n) is 5.66. The van der Waals surface area contributed by atoms with Crippen LogP contribution < -0.4 is 14.4 Å². The third kappa shape index (κ3) is 4.72. The Labute approximate surface area is 183 Å². The van der Waals surface area contributed by atoms with Crippen molar-refractivity contribution in [2.75, 3.05) is 18.6 Å². The van der Waals surface area contributed by atoms with Crippen LogP contribution in [-0.4, -0.2) is 24.7 Å². The molecule has 1 unspecified atom stereocenters. The standard InChI is InChI=1S/C25H31N2O2S/c1-17(25(2,3)4)27(24-26-20-8-6-7-9-23(20)30-24)15-19-12-13-21(22(14-19)28-5)29-16-18-10-11-18/h6-9,12-14,17-18H,1,10-11,15-16H2,2-5H3. The maximum atomic E-state index is 5.98. The minimum absolute atomic E-state index is 0.00918. The number of fused-ring (bicyclic) bond motifs is 1. The maximum absolute atomic E-state index is 5.98. The van der Waals surface area contributed by atoms with Crippen molar-refractivity contribution in [3.63, 3.8) is 0 Å². The molecule has 1 aliphatic carbocycles. The molecule has 1 heterocycles. The van der Waals surface area contributed by atoms with Crippen molar-refractivity contribution in [2.24, 2.45) is 11.3 Å². The smallest absolute Gasteiger partial charge is 0.187 e. The fourth-order valence-corrected chi connectivity index (χ4v) is 4.39. The van der Waals surface area contributed by atoms with E-state index in [-0.39, 0.29) is 11.5 Å². The van der Waals surface area contributed by atoms with Gasteiger partial charge >= 0.3 is 0 Å². The summed E-state index contributed by atoms with van der Waals surface area (Å²) in [6, 6.07) is 14.6. The molecule has 159 valence electrons. The molecule has 2 aromatic carbocycles. The van der Waals surface area contributed by atoms with E-state index in [1.54, 1.807) is 18.4 Å². The Morgan fingerprint density at radius 1 is 1.17 bits per heavy atom. The molecule has 4 rings (SSSR count). The minimum atomic E-state index is 0.00918. The summed E-state index contributed by atoms with van der Waals surface area (Å²) in [6.07, 6.45) is 2.55. The van der Waals surface area contributed by atoms with Crippen molar-refractivity contribution in [2.45, 2.75) is 46.2 Å². The summed E-state index contributed by atoms with van der Waals surface area (Å²) in [5, 5.41) is 0.999. The first-order valence-electron chi connectivity index (χ1n) is 10.6. The zero-order chi connectivity index (χ0) is 21.3. The van der Waals surface area contributed by atoms with E-state index in [1.807, 2.05) is 12.1 Å². The van der Waals surface area contributed by atoms with Crippen LogP contribution in [0.1, 0.15) is 39.2 Å². The van der Waals surface area contributed by atoms with Crippen LogP contribution in [0.25, 0.3) is 10.2 Å². The molecule has 3 aromatic rings. The molecule has 0 N–H and O–H groups in total. The molecule has 1 aliphatic rings. The number of thiazole rings is 1. The Morgan fingerprint density at radius 3 is 2.60 bits per heavy atom. The van der Waals surface area contributed by atoms with Gasteiger partial charge in [0, 0.05) is 12.6 Å². The summed E-state index contributed by atoms with van der Waals surface area (Å²) in [7, 11) is 1.70. The molecule has 5 heteroatoms. The number of hydrogen-bond donors (Lipinski definition) is 0.